The predicted octanol–water partition coefficient (Wildman–Crippen LogP) is 1.27. The van der Waals surface area contributed by atoms with E-state index in [9.17, 15) is 14.0 Å². The fourth-order valence-corrected chi connectivity index (χ4v) is 2.16. The highest BCUT2D eigenvalue weighted by Crippen LogP contribution is 2.18. The molecule has 0 bridgehead atoms. The minimum Gasteiger partial charge on any atom is -0.462 e. The number of ether oxygens (including phenoxy) is 1. The third kappa shape index (κ3) is 2.55. The maximum atomic E-state index is 13.7. The van der Waals surface area contributed by atoms with Crippen LogP contribution in [0.3, 0.4) is 0 Å². The van der Waals surface area contributed by atoms with Gasteiger partial charge in [-0.3, -0.25) is 4.79 Å². The molecule has 118 valence electrons. The van der Waals surface area contributed by atoms with Gasteiger partial charge in [-0.15, -0.1) is 10.2 Å². The second kappa shape index (κ2) is 5.76. The van der Waals surface area contributed by atoms with Gasteiger partial charge in [-0.2, -0.15) is 0 Å². The Labute approximate surface area is 133 Å². The minimum atomic E-state index is -0.868. The molecule has 3 rings (SSSR count). The Morgan fingerprint density at radius 2 is 2.09 bits per heavy atom. The van der Waals surface area contributed by atoms with Crippen LogP contribution < -0.4 is 5.43 Å². The molecule has 3 aromatic heterocycles. The summed E-state index contributed by atoms with van der Waals surface area (Å²) in [6.45, 7) is 1.70. The fourth-order valence-electron chi connectivity index (χ4n) is 2.02. The highest BCUT2D eigenvalue weighted by molar-refractivity contribution is 6.29. The second-order valence-corrected chi connectivity index (χ2v) is 4.77. The molecule has 0 amide bonds. The SMILES string of the molecule is CCOC(=O)c1cn(-n2cnnc2)c2nc(Cl)c(F)cc2c1=O. The van der Waals surface area contributed by atoms with E-state index in [-0.39, 0.29) is 23.2 Å². The van der Waals surface area contributed by atoms with E-state index in [4.69, 9.17) is 16.3 Å². The quantitative estimate of drug-likeness (QED) is 0.528. The van der Waals surface area contributed by atoms with E-state index in [0.29, 0.717) is 0 Å². The lowest BCUT2D eigenvalue weighted by molar-refractivity contribution is 0.0524. The van der Waals surface area contributed by atoms with Crippen LogP contribution in [0.2, 0.25) is 5.15 Å². The molecule has 0 spiro atoms. The van der Waals surface area contributed by atoms with Gasteiger partial charge in [0.25, 0.3) is 0 Å². The van der Waals surface area contributed by atoms with Crippen molar-refractivity contribution < 1.29 is 13.9 Å². The van der Waals surface area contributed by atoms with Crippen LogP contribution in [0.1, 0.15) is 17.3 Å². The Balaban J connectivity index is 2.40. The maximum absolute atomic E-state index is 13.7. The van der Waals surface area contributed by atoms with Crippen molar-refractivity contribution in [3.63, 3.8) is 0 Å². The van der Waals surface area contributed by atoms with Crippen molar-refractivity contribution in [2.75, 3.05) is 6.61 Å². The van der Waals surface area contributed by atoms with Crippen molar-refractivity contribution in [1.29, 1.82) is 0 Å². The van der Waals surface area contributed by atoms with Crippen LogP contribution in [0.25, 0.3) is 11.0 Å². The summed E-state index contributed by atoms with van der Waals surface area (Å²) in [5.74, 6) is -1.69. The number of hydrogen-bond donors (Lipinski definition) is 0. The van der Waals surface area contributed by atoms with E-state index in [1.807, 2.05) is 0 Å². The first kappa shape index (κ1) is 15.1. The number of esters is 1. The number of carbonyl (C=O) groups excluding carboxylic acids is 1. The Bertz CT molecular complexity index is 954. The number of halogens is 2. The van der Waals surface area contributed by atoms with Crippen molar-refractivity contribution >= 4 is 28.6 Å². The van der Waals surface area contributed by atoms with Gasteiger partial charge in [-0.1, -0.05) is 11.6 Å². The van der Waals surface area contributed by atoms with Crippen LogP contribution in [0.15, 0.2) is 29.7 Å². The van der Waals surface area contributed by atoms with Gasteiger partial charge in [0.05, 0.1) is 12.0 Å². The lowest BCUT2D eigenvalue weighted by atomic mass is 10.2. The smallest absolute Gasteiger partial charge is 0.343 e. The summed E-state index contributed by atoms with van der Waals surface area (Å²) >= 11 is 5.69. The van der Waals surface area contributed by atoms with Gasteiger partial charge in [-0.05, 0) is 13.0 Å². The fraction of sp³-hybridized carbons (Fsp3) is 0.154. The molecular formula is C13H9ClFN5O3. The van der Waals surface area contributed by atoms with Crippen LogP contribution >= 0.6 is 11.6 Å². The van der Waals surface area contributed by atoms with Gasteiger partial charge in [0, 0.05) is 6.20 Å². The third-order valence-corrected chi connectivity index (χ3v) is 3.29. The first-order chi connectivity index (χ1) is 11.0. The van der Waals surface area contributed by atoms with Gasteiger partial charge >= 0.3 is 5.97 Å². The summed E-state index contributed by atoms with van der Waals surface area (Å²) in [6, 6.07) is 0.927. The van der Waals surface area contributed by atoms with Crippen molar-refractivity contribution in [3.05, 3.63) is 51.7 Å². The van der Waals surface area contributed by atoms with Crippen LogP contribution in [0.5, 0.6) is 0 Å². The summed E-state index contributed by atoms with van der Waals surface area (Å²) in [5.41, 5.74) is -0.920. The average Bonchev–Trinajstić information content (AvgIpc) is 3.04. The van der Waals surface area contributed by atoms with Gasteiger partial charge in [-0.25, -0.2) is 23.5 Å². The highest BCUT2D eigenvalue weighted by atomic mass is 35.5. The zero-order valence-electron chi connectivity index (χ0n) is 11.7. The number of fused-ring (bicyclic) bond motifs is 1. The minimum absolute atomic E-state index is 0.0502. The van der Waals surface area contributed by atoms with Gasteiger partial charge in [0.15, 0.2) is 16.6 Å². The van der Waals surface area contributed by atoms with E-state index in [1.54, 1.807) is 6.92 Å². The largest absolute Gasteiger partial charge is 0.462 e. The van der Waals surface area contributed by atoms with Crippen LogP contribution in [0.4, 0.5) is 4.39 Å². The van der Waals surface area contributed by atoms with Crippen LogP contribution in [-0.4, -0.2) is 37.1 Å². The molecule has 0 N–H and O–H groups in total. The predicted molar refractivity (Wildman–Crippen MR) is 77.7 cm³/mol. The molecule has 3 heterocycles. The highest BCUT2D eigenvalue weighted by Gasteiger charge is 2.19. The normalized spacial score (nSPS) is 10.9. The maximum Gasteiger partial charge on any atom is 0.343 e. The number of pyridine rings is 2. The van der Waals surface area contributed by atoms with Crippen molar-refractivity contribution in [2.45, 2.75) is 6.92 Å². The standard InChI is InChI=1S/C13H9ClFN5O3/c1-2-23-13(22)8-4-20(19-5-16-17-6-19)12-7(10(8)21)3-9(15)11(14)18-12/h3-6H,2H2,1H3. The zero-order valence-corrected chi connectivity index (χ0v) is 12.5. The van der Waals surface area contributed by atoms with Gasteiger partial charge in [0.2, 0.25) is 5.43 Å². The molecule has 0 aliphatic heterocycles. The van der Waals surface area contributed by atoms with Crippen molar-refractivity contribution in [1.82, 2.24) is 24.5 Å². The summed E-state index contributed by atoms with van der Waals surface area (Å²) in [4.78, 5) is 28.3. The van der Waals surface area contributed by atoms with E-state index in [2.05, 4.69) is 15.2 Å². The Hall–Kier alpha value is -2.81. The Morgan fingerprint density at radius 1 is 1.39 bits per heavy atom. The summed E-state index contributed by atoms with van der Waals surface area (Å²) < 4.78 is 21.2. The molecule has 0 unspecified atom stereocenters. The molecule has 0 radical (unpaired) electrons. The van der Waals surface area contributed by atoms with Crippen molar-refractivity contribution in [2.24, 2.45) is 0 Å². The number of nitrogens with zero attached hydrogens (tertiary/aromatic N) is 5. The first-order valence-corrected chi connectivity index (χ1v) is 6.84. The molecule has 0 fully saturated rings. The van der Waals surface area contributed by atoms with Crippen LogP contribution in [0, 0.1) is 5.82 Å². The number of aromatic nitrogens is 5. The van der Waals surface area contributed by atoms with E-state index < -0.39 is 22.4 Å². The van der Waals surface area contributed by atoms with Gasteiger partial charge < -0.3 is 4.74 Å². The van der Waals surface area contributed by atoms with Crippen LogP contribution in [-0.2, 0) is 4.74 Å². The third-order valence-electron chi connectivity index (χ3n) is 3.02. The Morgan fingerprint density at radius 3 is 2.74 bits per heavy atom. The first-order valence-electron chi connectivity index (χ1n) is 6.46. The molecule has 0 saturated carbocycles. The zero-order chi connectivity index (χ0) is 16.6. The molecule has 0 saturated heterocycles. The lowest BCUT2D eigenvalue weighted by Crippen LogP contribution is -2.23. The molecule has 0 atom stereocenters. The lowest BCUT2D eigenvalue weighted by Gasteiger charge is -2.12. The summed E-state index contributed by atoms with van der Waals surface area (Å²) in [5, 5.41) is 6.76. The van der Waals surface area contributed by atoms with Gasteiger partial charge in [0.1, 0.15) is 18.2 Å². The molecule has 10 heteroatoms. The average molecular weight is 338 g/mol. The second-order valence-electron chi connectivity index (χ2n) is 4.41. The molecule has 0 aliphatic rings. The molecule has 3 aromatic rings. The number of carbonyl (C=O) groups is 1. The summed E-state index contributed by atoms with van der Waals surface area (Å²) in [7, 11) is 0. The van der Waals surface area contributed by atoms with Crippen molar-refractivity contribution in [3.8, 4) is 0 Å². The number of hydrogen-bond acceptors (Lipinski definition) is 6. The topological polar surface area (TPSA) is 91.9 Å². The summed E-state index contributed by atoms with van der Waals surface area (Å²) in [6.07, 6.45) is 3.85. The number of rotatable bonds is 3. The van der Waals surface area contributed by atoms with E-state index >= 15 is 0 Å². The molecule has 8 nitrogen and oxygen atoms in total. The molecule has 0 aliphatic carbocycles. The van der Waals surface area contributed by atoms with E-state index in [0.717, 1.165) is 6.07 Å². The molecule has 0 aromatic carbocycles. The molecule has 23 heavy (non-hydrogen) atoms. The van der Waals surface area contributed by atoms with E-state index in [1.165, 1.54) is 28.2 Å². The monoisotopic (exact) mass is 337 g/mol. The Kier molecular flexibility index (Phi) is 3.78. The molecular weight excluding hydrogens is 329 g/mol.